The van der Waals surface area contributed by atoms with Crippen LogP contribution in [0.1, 0.15) is 25.3 Å². The van der Waals surface area contributed by atoms with Crippen molar-refractivity contribution in [3.63, 3.8) is 0 Å². The van der Waals surface area contributed by atoms with Gasteiger partial charge in [0.1, 0.15) is 11.4 Å². The van der Waals surface area contributed by atoms with E-state index in [1.807, 2.05) is 0 Å². The monoisotopic (exact) mass is 246 g/mol. The first kappa shape index (κ1) is 11.8. The molecule has 0 saturated carbocycles. The lowest BCUT2D eigenvalue weighted by atomic mass is 9.95. The molecular weight excluding hydrogens is 224 g/mol. The Hall–Kier alpha value is -1.22. The van der Waals surface area contributed by atoms with E-state index in [2.05, 4.69) is 42.4 Å². The summed E-state index contributed by atoms with van der Waals surface area (Å²) in [4.78, 5) is 2.36. The number of likely N-dealkylation sites (tertiary alicyclic amines) is 1. The Kier molecular flexibility index (Phi) is 2.94. The summed E-state index contributed by atoms with van der Waals surface area (Å²) in [7, 11) is 2.17. The number of hydrogen-bond donors (Lipinski definition) is 1. The number of nitrogens with one attached hydrogen (secondary N) is 1. The molecule has 2 aliphatic heterocycles. The molecule has 1 unspecified atom stereocenters. The van der Waals surface area contributed by atoms with Crippen molar-refractivity contribution < 1.29 is 4.74 Å². The summed E-state index contributed by atoms with van der Waals surface area (Å²) in [6.07, 6.45) is 3.48. The van der Waals surface area contributed by atoms with E-state index < -0.39 is 0 Å². The first-order chi connectivity index (χ1) is 8.65. The van der Waals surface area contributed by atoms with Crippen LogP contribution in [0.3, 0.4) is 0 Å². The summed E-state index contributed by atoms with van der Waals surface area (Å²) in [6, 6.07) is 6.44. The maximum absolute atomic E-state index is 6.27. The number of fused-ring (bicyclic) bond motifs is 1. The molecule has 0 bridgehead atoms. The van der Waals surface area contributed by atoms with Crippen molar-refractivity contribution in [2.24, 2.45) is 0 Å². The standard InChI is InChI=1S/C15H22N2O/c1-15(7-3-9-17(2)11-15)18-13-4-5-14-12(10-13)6-8-16-14/h4-5,10,16H,3,6-9,11H2,1-2H3. The van der Waals surface area contributed by atoms with E-state index in [1.54, 1.807) is 0 Å². The number of likely N-dealkylation sites (N-methyl/N-ethyl adjacent to an activating group) is 1. The number of piperidine rings is 1. The van der Waals surface area contributed by atoms with E-state index in [4.69, 9.17) is 4.74 Å². The zero-order valence-corrected chi connectivity index (χ0v) is 11.3. The first-order valence-electron chi connectivity index (χ1n) is 6.89. The van der Waals surface area contributed by atoms with Crippen molar-refractivity contribution in [2.45, 2.75) is 31.8 Å². The molecule has 2 heterocycles. The molecule has 0 aromatic heterocycles. The molecule has 3 nitrogen and oxygen atoms in total. The predicted octanol–water partition coefficient (Wildman–Crippen LogP) is 2.52. The van der Waals surface area contributed by atoms with Gasteiger partial charge in [-0.2, -0.15) is 0 Å². The van der Waals surface area contributed by atoms with Gasteiger partial charge in [0, 0.05) is 18.8 Å². The number of benzene rings is 1. The smallest absolute Gasteiger partial charge is 0.120 e. The van der Waals surface area contributed by atoms with Crippen LogP contribution in [-0.2, 0) is 6.42 Å². The van der Waals surface area contributed by atoms with Crippen LogP contribution in [0.5, 0.6) is 5.75 Å². The quantitative estimate of drug-likeness (QED) is 0.868. The van der Waals surface area contributed by atoms with Crippen LogP contribution >= 0.6 is 0 Å². The first-order valence-corrected chi connectivity index (χ1v) is 6.89. The predicted molar refractivity (Wildman–Crippen MR) is 74.4 cm³/mol. The van der Waals surface area contributed by atoms with Gasteiger partial charge in [0.25, 0.3) is 0 Å². The molecule has 1 aromatic carbocycles. The second-order valence-electron chi connectivity index (χ2n) is 5.89. The largest absolute Gasteiger partial charge is 0.486 e. The third-order valence-electron chi connectivity index (χ3n) is 4.00. The van der Waals surface area contributed by atoms with Crippen LogP contribution in [0, 0.1) is 0 Å². The number of anilines is 1. The lowest BCUT2D eigenvalue weighted by Gasteiger charge is -2.39. The third-order valence-corrected chi connectivity index (χ3v) is 4.00. The summed E-state index contributed by atoms with van der Waals surface area (Å²) in [5.74, 6) is 1.02. The van der Waals surface area contributed by atoms with Crippen LogP contribution in [0.2, 0.25) is 0 Å². The maximum Gasteiger partial charge on any atom is 0.120 e. The van der Waals surface area contributed by atoms with Gasteiger partial charge < -0.3 is 15.0 Å². The van der Waals surface area contributed by atoms with E-state index in [-0.39, 0.29) is 5.60 Å². The van der Waals surface area contributed by atoms with Crippen LogP contribution in [0.4, 0.5) is 5.69 Å². The molecule has 2 aliphatic rings. The fourth-order valence-corrected chi connectivity index (χ4v) is 3.16. The van der Waals surface area contributed by atoms with E-state index >= 15 is 0 Å². The highest BCUT2D eigenvalue weighted by Gasteiger charge is 2.31. The molecule has 18 heavy (non-hydrogen) atoms. The second kappa shape index (κ2) is 4.47. The van der Waals surface area contributed by atoms with E-state index in [0.717, 1.165) is 31.7 Å². The van der Waals surface area contributed by atoms with Crippen LogP contribution in [0.15, 0.2) is 18.2 Å². The minimum atomic E-state index is -0.0345. The Morgan fingerprint density at radius 1 is 1.39 bits per heavy atom. The Bertz CT molecular complexity index is 446. The van der Waals surface area contributed by atoms with Crippen molar-refractivity contribution in [3.05, 3.63) is 23.8 Å². The van der Waals surface area contributed by atoms with Crippen molar-refractivity contribution in [1.29, 1.82) is 0 Å². The van der Waals surface area contributed by atoms with Gasteiger partial charge in [0.2, 0.25) is 0 Å². The summed E-state index contributed by atoms with van der Waals surface area (Å²) >= 11 is 0. The lowest BCUT2D eigenvalue weighted by Crippen LogP contribution is -2.48. The molecule has 1 saturated heterocycles. The van der Waals surface area contributed by atoms with Gasteiger partial charge in [0.15, 0.2) is 0 Å². The van der Waals surface area contributed by atoms with Crippen molar-refractivity contribution in [1.82, 2.24) is 4.90 Å². The van der Waals surface area contributed by atoms with Gasteiger partial charge in [0.05, 0.1) is 0 Å². The summed E-state index contributed by atoms with van der Waals surface area (Å²) in [5.41, 5.74) is 2.63. The minimum Gasteiger partial charge on any atom is -0.486 e. The molecule has 1 N–H and O–H groups in total. The van der Waals surface area contributed by atoms with Crippen molar-refractivity contribution in [3.8, 4) is 5.75 Å². The van der Waals surface area contributed by atoms with Gasteiger partial charge in [-0.25, -0.2) is 0 Å². The van der Waals surface area contributed by atoms with Gasteiger partial charge in [-0.05, 0) is 63.5 Å². The molecule has 1 atom stereocenters. The number of ether oxygens (including phenoxy) is 1. The van der Waals surface area contributed by atoms with Crippen LogP contribution in [-0.4, -0.2) is 37.2 Å². The molecule has 98 valence electrons. The molecule has 1 aromatic rings. The minimum absolute atomic E-state index is 0.0345. The van der Waals surface area contributed by atoms with Gasteiger partial charge >= 0.3 is 0 Å². The highest BCUT2D eigenvalue weighted by atomic mass is 16.5. The normalized spacial score (nSPS) is 27.7. The Morgan fingerprint density at radius 3 is 3.11 bits per heavy atom. The molecular formula is C15H22N2O. The van der Waals surface area contributed by atoms with Gasteiger partial charge in [-0.3, -0.25) is 0 Å². The van der Waals surface area contributed by atoms with Crippen molar-refractivity contribution >= 4 is 5.69 Å². The Balaban J connectivity index is 1.75. The highest BCUT2D eigenvalue weighted by Crippen LogP contribution is 2.31. The Labute approximate surface area is 109 Å². The molecule has 3 heteroatoms. The SMILES string of the molecule is CN1CCCC(C)(Oc2ccc3c(c2)CCN3)C1. The molecule has 0 aliphatic carbocycles. The van der Waals surface area contributed by atoms with Crippen LogP contribution < -0.4 is 10.1 Å². The average molecular weight is 246 g/mol. The zero-order chi connectivity index (χ0) is 12.6. The number of rotatable bonds is 2. The van der Waals surface area contributed by atoms with E-state index in [9.17, 15) is 0 Å². The van der Waals surface area contributed by atoms with E-state index in [0.29, 0.717) is 0 Å². The molecule has 3 rings (SSSR count). The molecule has 1 fully saturated rings. The zero-order valence-electron chi connectivity index (χ0n) is 11.3. The summed E-state index contributed by atoms with van der Waals surface area (Å²) in [6.45, 7) is 5.49. The molecule has 0 amide bonds. The summed E-state index contributed by atoms with van der Waals surface area (Å²) < 4.78 is 6.27. The lowest BCUT2D eigenvalue weighted by molar-refractivity contribution is 0.0155. The highest BCUT2D eigenvalue weighted by molar-refractivity contribution is 5.57. The number of hydrogen-bond acceptors (Lipinski definition) is 3. The topological polar surface area (TPSA) is 24.5 Å². The van der Waals surface area contributed by atoms with Gasteiger partial charge in [-0.15, -0.1) is 0 Å². The van der Waals surface area contributed by atoms with E-state index in [1.165, 1.54) is 24.2 Å². The third kappa shape index (κ3) is 2.32. The number of nitrogens with zero attached hydrogens (tertiary/aromatic N) is 1. The Morgan fingerprint density at radius 2 is 2.28 bits per heavy atom. The van der Waals surface area contributed by atoms with Crippen LogP contribution in [0.25, 0.3) is 0 Å². The maximum atomic E-state index is 6.27. The fraction of sp³-hybridized carbons (Fsp3) is 0.600. The molecule has 0 spiro atoms. The molecule has 0 radical (unpaired) electrons. The second-order valence-corrected chi connectivity index (χ2v) is 5.89. The van der Waals surface area contributed by atoms with Crippen molar-refractivity contribution in [2.75, 3.05) is 32.0 Å². The summed E-state index contributed by atoms with van der Waals surface area (Å²) in [5, 5.41) is 3.38. The van der Waals surface area contributed by atoms with Gasteiger partial charge in [-0.1, -0.05) is 0 Å². The fourth-order valence-electron chi connectivity index (χ4n) is 3.16. The average Bonchev–Trinajstić information content (AvgIpc) is 2.75.